The summed E-state index contributed by atoms with van der Waals surface area (Å²) in [5, 5.41) is 9.13. The molecule has 1 aromatic heterocycles. The van der Waals surface area contributed by atoms with E-state index < -0.39 is 21.9 Å². The van der Waals surface area contributed by atoms with Crippen molar-refractivity contribution in [2.24, 2.45) is 0 Å². The molecule has 1 atom stereocenters. The first kappa shape index (κ1) is 20.9. The SMILES string of the molecule is CC(CO)NS(=O)(=O)c1cc(-c2nc(-c3ccc(Br)c(F)c3)c[nH]2)ccc1Cl. The third-order valence-electron chi connectivity index (χ3n) is 3.92. The molecule has 148 valence electrons. The Balaban J connectivity index is 1.97. The van der Waals surface area contributed by atoms with E-state index in [0.717, 1.165) is 0 Å². The molecule has 0 aliphatic heterocycles. The van der Waals surface area contributed by atoms with Crippen LogP contribution in [0, 0.1) is 5.82 Å². The van der Waals surface area contributed by atoms with Gasteiger partial charge in [-0.2, -0.15) is 0 Å². The fourth-order valence-corrected chi connectivity index (χ4v) is 4.50. The van der Waals surface area contributed by atoms with Gasteiger partial charge in [-0.05, 0) is 53.2 Å². The van der Waals surface area contributed by atoms with Crippen molar-refractivity contribution >= 4 is 37.6 Å². The lowest BCUT2D eigenvalue weighted by atomic mass is 10.2. The van der Waals surface area contributed by atoms with Gasteiger partial charge in [-0.25, -0.2) is 22.5 Å². The van der Waals surface area contributed by atoms with Crippen LogP contribution in [0.25, 0.3) is 22.6 Å². The molecule has 3 rings (SSSR count). The minimum Gasteiger partial charge on any atom is -0.395 e. The van der Waals surface area contributed by atoms with E-state index in [2.05, 4.69) is 30.6 Å². The topological polar surface area (TPSA) is 95.1 Å². The molecule has 6 nitrogen and oxygen atoms in total. The van der Waals surface area contributed by atoms with Gasteiger partial charge in [0, 0.05) is 23.4 Å². The van der Waals surface area contributed by atoms with E-state index in [9.17, 15) is 12.8 Å². The summed E-state index contributed by atoms with van der Waals surface area (Å²) in [6, 6.07) is 8.46. The molecule has 0 bridgehead atoms. The first-order valence-electron chi connectivity index (χ1n) is 8.15. The number of aromatic amines is 1. The summed E-state index contributed by atoms with van der Waals surface area (Å²) in [5.74, 6) is -0.00681. The highest BCUT2D eigenvalue weighted by atomic mass is 79.9. The smallest absolute Gasteiger partial charge is 0.242 e. The molecule has 3 aromatic rings. The number of aliphatic hydroxyl groups excluding tert-OH is 1. The van der Waals surface area contributed by atoms with Gasteiger partial charge in [-0.3, -0.25) is 0 Å². The van der Waals surface area contributed by atoms with E-state index in [1.807, 2.05) is 0 Å². The average Bonchev–Trinajstić information content (AvgIpc) is 3.14. The van der Waals surface area contributed by atoms with Crippen molar-refractivity contribution in [1.82, 2.24) is 14.7 Å². The number of imidazole rings is 1. The summed E-state index contributed by atoms with van der Waals surface area (Å²) in [6.07, 6.45) is 1.60. The fraction of sp³-hybridized carbons (Fsp3) is 0.167. The van der Waals surface area contributed by atoms with Crippen LogP contribution in [0.2, 0.25) is 5.02 Å². The summed E-state index contributed by atoms with van der Waals surface area (Å²) < 4.78 is 41.5. The van der Waals surface area contributed by atoms with Crippen LogP contribution in [-0.4, -0.2) is 36.1 Å². The molecule has 0 aliphatic rings. The second kappa shape index (κ2) is 8.30. The molecule has 0 saturated heterocycles. The standard InChI is InChI=1S/C18H16BrClFN3O3S/c1-10(9-25)24-28(26,27)17-7-12(3-5-14(17)20)18-22-8-16(23-18)11-2-4-13(19)15(21)6-11/h2-8,10,24-25H,9H2,1H3,(H,22,23). The Morgan fingerprint density at radius 2 is 2.00 bits per heavy atom. The van der Waals surface area contributed by atoms with Gasteiger partial charge in [0.05, 0.1) is 21.8 Å². The van der Waals surface area contributed by atoms with Crippen molar-refractivity contribution in [1.29, 1.82) is 0 Å². The summed E-state index contributed by atoms with van der Waals surface area (Å²) in [6.45, 7) is 1.19. The van der Waals surface area contributed by atoms with Gasteiger partial charge < -0.3 is 10.1 Å². The molecule has 0 fully saturated rings. The largest absolute Gasteiger partial charge is 0.395 e. The third-order valence-corrected chi connectivity index (χ3v) is 6.63. The van der Waals surface area contributed by atoms with Gasteiger partial charge in [-0.1, -0.05) is 17.7 Å². The minimum absolute atomic E-state index is 0.0446. The lowest BCUT2D eigenvalue weighted by molar-refractivity contribution is 0.265. The maximum Gasteiger partial charge on any atom is 0.242 e. The minimum atomic E-state index is -3.93. The van der Waals surface area contributed by atoms with Crippen LogP contribution in [0.4, 0.5) is 4.39 Å². The maximum absolute atomic E-state index is 13.8. The van der Waals surface area contributed by atoms with Crippen molar-refractivity contribution < 1.29 is 17.9 Å². The van der Waals surface area contributed by atoms with Crippen molar-refractivity contribution in [3.8, 4) is 22.6 Å². The van der Waals surface area contributed by atoms with Gasteiger partial charge >= 0.3 is 0 Å². The van der Waals surface area contributed by atoms with E-state index in [1.165, 1.54) is 25.1 Å². The predicted molar refractivity (Wildman–Crippen MR) is 109 cm³/mol. The average molecular weight is 489 g/mol. The first-order valence-corrected chi connectivity index (χ1v) is 10.8. The van der Waals surface area contributed by atoms with Crippen LogP contribution in [0.5, 0.6) is 0 Å². The fourth-order valence-electron chi connectivity index (χ4n) is 2.50. The molecular weight excluding hydrogens is 473 g/mol. The monoisotopic (exact) mass is 487 g/mol. The normalized spacial score (nSPS) is 12.9. The van der Waals surface area contributed by atoms with Crippen LogP contribution >= 0.6 is 27.5 Å². The molecule has 0 saturated carbocycles. The molecule has 0 amide bonds. The molecule has 28 heavy (non-hydrogen) atoms. The van der Waals surface area contributed by atoms with Crippen LogP contribution in [0.1, 0.15) is 6.92 Å². The molecule has 10 heteroatoms. The van der Waals surface area contributed by atoms with E-state index >= 15 is 0 Å². The zero-order valence-corrected chi connectivity index (χ0v) is 17.7. The lowest BCUT2D eigenvalue weighted by Crippen LogP contribution is -2.35. The van der Waals surface area contributed by atoms with Crippen LogP contribution in [0.15, 0.2) is 52.0 Å². The molecule has 1 heterocycles. The number of H-pyrrole nitrogens is 1. The molecule has 3 N–H and O–H groups in total. The Hall–Kier alpha value is -1.78. The van der Waals surface area contributed by atoms with E-state index in [4.69, 9.17) is 16.7 Å². The molecule has 2 aromatic carbocycles. The number of nitrogens with zero attached hydrogens (tertiary/aromatic N) is 1. The molecule has 0 aliphatic carbocycles. The first-order chi connectivity index (χ1) is 13.2. The molecule has 1 unspecified atom stereocenters. The van der Waals surface area contributed by atoms with Crippen LogP contribution in [-0.2, 0) is 10.0 Å². The lowest BCUT2D eigenvalue weighted by Gasteiger charge is -2.13. The number of benzene rings is 2. The number of halogens is 3. The van der Waals surface area contributed by atoms with Crippen molar-refractivity contribution in [2.75, 3.05) is 6.61 Å². The van der Waals surface area contributed by atoms with Gasteiger partial charge in [0.15, 0.2) is 0 Å². The van der Waals surface area contributed by atoms with Gasteiger partial charge in [0.2, 0.25) is 10.0 Å². The number of aliphatic hydroxyl groups is 1. The highest BCUT2D eigenvalue weighted by Gasteiger charge is 2.21. The Bertz CT molecular complexity index is 1120. The van der Waals surface area contributed by atoms with Gasteiger partial charge in [-0.15, -0.1) is 0 Å². The zero-order valence-electron chi connectivity index (χ0n) is 14.6. The second-order valence-electron chi connectivity index (χ2n) is 6.11. The molecule has 0 spiro atoms. The van der Waals surface area contributed by atoms with Crippen LogP contribution in [0.3, 0.4) is 0 Å². The predicted octanol–water partition coefficient (Wildman–Crippen LogP) is 3.96. The molecular formula is C18H16BrClFN3O3S. The summed E-state index contributed by atoms with van der Waals surface area (Å²) in [7, 11) is -3.93. The third kappa shape index (κ3) is 4.44. The zero-order chi connectivity index (χ0) is 20.5. The molecule has 0 radical (unpaired) electrons. The Morgan fingerprint density at radius 1 is 1.29 bits per heavy atom. The number of sulfonamides is 1. The number of hydrogen-bond acceptors (Lipinski definition) is 4. The quantitative estimate of drug-likeness (QED) is 0.489. The summed E-state index contributed by atoms with van der Waals surface area (Å²) in [4.78, 5) is 7.25. The summed E-state index contributed by atoms with van der Waals surface area (Å²) >= 11 is 9.17. The van der Waals surface area contributed by atoms with Crippen molar-refractivity contribution in [2.45, 2.75) is 17.9 Å². The number of rotatable bonds is 6. The highest BCUT2D eigenvalue weighted by molar-refractivity contribution is 9.10. The maximum atomic E-state index is 13.8. The number of aromatic nitrogens is 2. The highest BCUT2D eigenvalue weighted by Crippen LogP contribution is 2.29. The number of hydrogen-bond donors (Lipinski definition) is 3. The second-order valence-corrected chi connectivity index (χ2v) is 9.06. The summed E-state index contributed by atoms with van der Waals surface area (Å²) in [5.41, 5.74) is 1.57. The van der Waals surface area contributed by atoms with Crippen molar-refractivity contribution in [3.05, 3.63) is 57.9 Å². The Morgan fingerprint density at radius 3 is 2.68 bits per heavy atom. The van der Waals surface area contributed by atoms with Crippen LogP contribution < -0.4 is 4.72 Å². The Kier molecular flexibility index (Phi) is 6.21. The number of nitrogens with one attached hydrogen (secondary N) is 2. The Labute approximate surface area is 175 Å². The van der Waals surface area contributed by atoms with Crippen molar-refractivity contribution in [3.63, 3.8) is 0 Å². The van der Waals surface area contributed by atoms with E-state index in [1.54, 1.807) is 24.4 Å². The van der Waals surface area contributed by atoms with Gasteiger partial charge in [0.1, 0.15) is 16.5 Å². The van der Waals surface area contributed by atoms with Gasteiger partial charge in [0.25, 0.3) is 0 Å². The van der Waals surface area contributed by atoms with E-state index in [-0.39, 0.29) is 16.5 Å². The van der Waals surface area contributed by atoms with E-state index in [0.29, 0.717) is 27.1 Å².